The van der Waals surface area contributed by atoms with E-state index in [1.807, 2.05) is 0 Å². The van der Waals surface area contributed by atoms with Gasteiger partial charge >= 0.3 is 18.0 Å². The molecule has 1 heterocycles. The maximum absolute atomic E-state index is 12.1. The van der Waals surface area contributed by atoms with Crippen LogP contribution in [0.4, 0.5) is 4.79 Å². The number of urea groups is 1. The fraction of sp³-hybridized carbons (Fsp3) is 0.278. The zero-order valence-corrected chi connectivity index (χ0v) is 15.1. The van der Waals surface area contributed by atoms with Crippen molar-refractivity contribution >= 4 is 35.6 Å². The molecule has 0 aromatic heterocycles. The predicted octanol–water partition coefficient (Wildman–Crippen LogP) is 2.41. The van der Waals surface area contributed by atoms with Crippen LogP contribution in [0.5, 0.6) is 0 Å². The third-order valence-corrected chi connectivity index (χ3v) is 3.87. The van der Waals surface area contributed by atoms with Crippen LogP contribution in [-0.2, 0) is 19.1 Å². The lowest BCUT2D eigenvalue weighted by molar-refractivity contribution is -0.140. The summed E-state index contributed by atoms with van der Waals surface area (Å²) in [6, 6.07) is 5.98. The number of hydrogen-bond acceptors (Lipinski definition) is 5. The van der Waals surface area contributed by atoms with Gasteiger partial charge in [0, 0.05) is 11.1 Å². The number of nitrogens with one attached hydrogen (secondary N) is 2. The molecule has 2 amide bonds. The number of amides is 2. The lowest BCUT2D eigenvalue weighted by atomic mass is 10.0. The number of esters is 2. The molecule has 0 bridgehead atoms. The highest BCUT2D eigenvalue weighted by molar-refractivity contribution is 6.32. The van der Waals surface area contributed by atoms with Crippen molar-refractivity contribution in [3.8, 4) is 0 Å². The summed E-state index contributed by atoms with van der Waals surface area (Å²) < 4.78 is 10.1. The Bertz CT molecular complexity index is 773. The monoisotopic (exact) mass is 378 g/mol. The van der Waals surface area contributed by atoms with E-state index in [1.54, 1.807) is 38.1 Å². The quantitative estimate of drug-likeness (QED) is 0.585. The molecule has 0 saturated carbocycles. The Hall–Kier alpha value is -2.80. The number of ether oxygens (including phenoxy) is 2. The fourth-order valence-electron chi connectivity index (χ4n) is 2.35. The summed E-state index contributed by atoms with van der Waals surface area (Å²) in [7, 11) is 0. The third kappa shape index (κ3) is 5.10. The first-order chi connectivity index (χ1) is 12.4. The van der Waals surface area contributed by atoms with Crippen LogP contribution in [-0.4, -0.2) is 37.2 Å². The number of hydrogen-bond donors (Lipinski definition) is 2. The Balaban J connectivity index is 2.08. The largest absolute Gasteiger partial charge is 0.463 e. The molecule has 1 aliphatic rings. The molecule has 0 unspecified atom stereocenters. The molecule has 0 saturated heterocycles. The maximum Gasteiger partial charge on any atom is 0.338 e. The Morgan fingerprint density at radius 2 is 2.00 bits per heavy atom. The second-order valence-corrected chi connectivity index (χ2v) is 5.80. The topological polar surface area (TPSA) is 93.7 Å². The molecule has 0 radical (unpaired) electrons. The predicted molar refractivity (Wildman–Crippen MR) is 96.2 cm³/mol. The van der Waals surface area contributed by atoms with E-state index in [4.69, 9.17) is 21.1 Å². The van der Waals surface area contributed by atoms with Gasteiger partial charge in [0.15, 0.2) is 0 Å². The van der Waals surface area contributed by atoms with E-state index in [0.717, 1.165) is 0 Å². The molecule has 1 atom stereocenters. The normalized spacial score (nSPS) is 16.9. The van der Waals surface area contributed by atoms with Crippen molar-refractivity contribution in [3.63, 3.8) is 0 Å². The maximum atomic E-state index is 12.1. The van der Waals surface area contributed by atoms with Gasteiger partial charge in [-0.15, -0.1) is 0 Å². The van der Waals surface area contributed by atoms with Gasteiger partial charge in [-0.25, -0.2) is 14.4 Å². The number of carbonyl (C=O) groups excluding carboxylic acids is 3. The van der Waals surface area contributed by atoms with Crippen LogP contribution >= 0.6 is 11.6 Å². The summed E-state index contributed by atoms with van der Waals surface area (Å²) in [4.78, 5) is 35.6. The van der Waals surface area contributed by atoms with Crippen molar-refractivity contribution in [3.05, 3.63) is 52.2 Å². The van der Waals surface area contributed by atoms with Crippen molar-refractivity contribution in [2.75, 3.05) is 13.2 Å². The molecular formula is C18H19ClN2O5. The lowest BCUT2D eigenvalue weighted by Gasteiger charge is -2.26. The van der Waals surface area contributed by atoms with Crippen LogP contribution in [0.15, 0.2) is 41.6 Å². The van der Waals surface area contributed by atoms with Gasteiger partial charge in [0.05, 0.1) is 23.9 Å². The number of halogens is 1. The van der Waals surface area contributed by atoms with Gasteiger partial charge < -0.3 is 20.1 Å². The van der Waals surface area contributed by atoms with Gasteiger partial charge in [0.2, 0.25) is 0 Å². The average molecular weight is 379 g/mol. The van der Waals surface area contributed by atoms with Crippen LogP contribution < -0.4 is 10.6 Å². The summed E-state index contributed by atoms with van der Waals surface area (Å²) in [6.45, 7) is 3.25. The summed E-state index contributed by atoms with van der Waals surface area (Å²) in [6.07, 6.45) is 2.74. The second kappa shape index (κ2) is 9.05. The van der Waals surface area contributed by atoms with Gasteiger partial charge in [-0.3, -0.25) is 0 Å². The van der Waals surface area contributed by atoms with Crippen molar-refractivity contribution in [1.29, 1.82) is 0 Å². The van der Waals surface area contributed by atoms with Crippen molar-refractivity contribution in [1.82, 2.24) is 10.6 Å². The van der Waals surface area contributed by atoms with E-state index < -0.39 is 24.0 Å². The molecule has 0 aliphatic carbocycles. The highest BCUT2D eigenvalue weighted by Crippen LogP contribution is 2.17. The van der Waals surface area contributed by atoms with E-state index in [2.05, 4.69) is 10.6 Å². The number of carbonyl (C=O) groups is 3. The Kier molecular flexibility index (Phi) is 6.80. The number of rotatable bonds is 6. The first-order valence-electron chi connectivity index (χ1n) is 7.99. The van der Waals surface area contributed by atoms with Gasteiger partial charge in [-0.1, -0.05) is 29.8 Å². The van der Waals surface area contributed by atoms with E-state index in [-0.39, 0.29) is 24.5 Å². The molecular weight excluding hydrogens is 360 g/mol. The van der Waals surface area contributed by atoms with Gasteiger partial charge in [-0.05, 0) is 31.6 Å². The standard InChI is InChI=1S/C18H19ClN2O5/c1-3-25-17(23)16-11(2)20-18(24)21-14(16)10-26-15(22)9-8-12-6-4-5-7-13(12)19/h4-9,11H,3,10H2,1-2H3,(H2,20,21,24)/b9-8+/t11-/m0/s1. The van der Waals surface area contributed by atoms with Crippen LogP contribution in [0.25, 0.3) is 6.08 Å². The van der Waals surface area contributed by atoms with Gasteiger partial charge in [0.25, 0.3) is 0 Å². The van der Waals surface area contributed by atoms with Gasteiger partial charge in [0.1, 0.15) is 6.61 Å². The highest BCUT2D eigenvalue weighted by Gasteiger charge is 2.30. The molecule has 2 N–H and O–H groups in total. The second-order valence-electron chi connectivity index (χ2n) is 5.40. The highest BCUT2D eigenvalue weighted by atomic mass is 35.5. The summed E-state index contributed by atoms with van der Waals surface area (Å²) in [5, 5.41) is 5.55. The molecule has 26 heavy (non-hydrogen) atoms. The minimum Gasteiger partial charge on any atom is -0.463 e. The number of benzene rings is 1. The SMILES string of the molecule is CCOC(=O)C1=C(COC(=O)/C=C/c2ccccc2Cl)NC(=O)N[C@H]1C. The van der Waals surface area contributed by atoms with E-state index in [1.165, 1.54) is 12.2 Å². The molecule has 8 heteroatoms. The van der Waals surface area contributed by atoms with Gasteiger partial charge in [-0.2, -0.15) is 0 Å². The Morgan fingerprint density at radius 3 is 2.69 bits per heavy atom. The van der Waals surface area contributed by atoms with Crippen molar-refractivity contribution in [2.45, 2.75) is 19.9 Å². The van der Waals surface area contributed by atoms with Crippen LogP contribution in [0.3, 0.4) is 0 Å². The van der Waals surface area contributed by atoms with Crippen molar-refractivity contribution < 1.29 is 23.9 Å². The van der Waals surface area contributed by atoms with Crippen LogP contribution in [0, 0.1) is 0 Å². The zero-order chi connectivity index (χ0) is 19.1. The van der Waals surface area contributed by atoms with E-state index in [9.17, 15) is 14.4 Å². The Morgan fingerprint density at radius 1 is 1.27 bits per heavy atom. The molecule has 2 rings (SSSR count). The summed E-state index contributed by atoms with van der Waals surface area (Å²) >= 11 is 6.01. The van der Waals surface area contributed by atoms with E-state index >= 15 is 0 Å². The first-order valence-corrected chi connectivity index (χ1v) is 8.37. The molecule has 1 aromatic carbocycles. The van der Waals surface area contributed by atoms with Crippen LogP contribution in [0.2, 0.25) is 5.02 Å². The average Bonchev–Trinajstić information content (AvgIpc) is 2.58. The first kappa shape index (κ1) is 19.5. The molecule has 1 aliphatic heterocycles. The zero-order valence-electron chi connectivity index (χ0n) is 14.4. The summed E-state index contributed by atoms with van der Waals surface area (Å²) in [5.41, 5.74) is 1.08. The summed E-state index contributed by atoms with van der Waals surface area (Å²) in [5.74, 6) is -1.22. The van der Waals surface area contributed by atoms with Crippen LogP contribution in [0.1, 0.15) is 19.4 Å². The molecule has 0 spiro atoms. The fourth-order valence-corrected chi connectivity index (χ4v) is 2.55. The van der Waals surface area contributed by atoms with E-state index in [0.29, 0.717) is 10.6 Å². The molecule has 1 aromatic rings. The lowest BCUT2D eigenvalue weighted by Crippen LogP contribution is -2.50. The molecule has 138 valence electrons. The Labute approximate surface area is 156 Å². The minimum atomic E-state index is -0.638. The molecule has 7 nitrogen and oxygen atoms in total. The minimum absolute atomic E-state index is 0.191. The molecule has 0 fully saturated rings. The smallest absolute Gasteiger partial charge is 0.338 e. The van der Waals surface area contributed by atoms with Crippen molar-refractivity contribution in [2.24, 2.45) is 0 Å². The third-order valence-electron chi connectivity index (χ3n) is 3.53.